The maximum Gasteiger partial charge on any atom is 0.123 e. The minimum atomic E-state index is -1.60. The first-order chi connectivity index (χ1) is 20.1. The van der Waals surface area contributed by atoms with E-state index in [4.69, 9.17) is 4.98 Å². The van der Waals surface area contributed by atoms with Crippen molar-refractivity contribution in [3.05, 3.63) is 96.0 Å². The monoisotopic (exact) mass is 547 g/mol. The predicted octanol–water partition coefficient (Wildman–Crippen LogP) is 6.89. The van der Waals surface area contributed by atoms with Gasteiger partial charge in [0.25, 0.3) is 0 Å². The summed E-state index contributed by atoms with van der Waals surface area (Å²) in [5, 5.41) is 26.3. The third-order valence-electron chi connectivity index (χ3n) is 6.95. The summed E-state index contributed by atoms with van der Waals surface area (Å²) in [6.07, 6.45) is 8.89. The molecule has 2 N–H and O–H groups in total. The summed E-state index contributed by atoms with van der Waals surface area (Å²) in [6.45, 7) is 6.99. The number of pyridine rings is 2. The molecule has 9 heteroatoms. The summed E-state index contributed by atoms with van der Waals surface area (Å²) in [7, 11) is 0. The maximum absolute atomic E-state index is 13.9. The molecule has 3 aromatic heterocycles. The van der Waals surface area contributed by atoms with Gasteiger partial charge in [-0.3, -0.25) is 9.97 Å². The highest BCUT2D eigenvalue weighted by molar-refractivity contribution is 6.04. The number of anilines is 2. The second-order valence-corrected chi connectivity index (χ2v) is 11.6. The molecular weight excluding hydrogens is 515 g/mol. The van der Waals surface area contributed by atoms with Crippen molar-refractivity contribution in [3.8, 4) is 17.2 Å². The smallest absolute Gasteiger partial charge is 0.123 e. The molecule has 1 atom stereocenters. The van der Waals surface area contributed by atoms with Crippen LogP contribution >= 0.6 is 0 Å². The van der Waals surface area contributed by atoms with Crippen LogP contribution in [0.2, 0.25) is 0 Å². The summed E-state index contributed by atoms with van der Waals surface area (Å²) in [4.78, 5) is 9.01. The lowest BCUT2D eigenvalue weighted by Crippen LogP contribution is -2.20. The Kier molecular flexibility index (Phi) is 6.51. The molecule has 0 aliphatic heterocycles. The summed E-state index contributed by atoms with van der Waals surface area (Å²) in [5.41, 5.74) is 4.85. The summed E-state index contributed by atoms with van der Waals surface area (Å²) >= 11 is 0. The van der Waals surface area contributed by atoms with Gasteiger partial charge in [0.2, 0.25) is 0 Å². The van der Waals surface area contributed by atoms with Crippen molar-refractivity contribution in [2.75, 3.05) is 17.2 Å². The molecule has 206 valence electrons. The van der Waals surface area contributed by atoms with E-state index in [0.717, 1.165) is 29.4 Å². The van der Waals surface area contributed by atoms with Crippen LogP contribution < -0.4 is 10.6 Å². The Hall–Kier alpha value is -4.84. The maximum atomic E-state index is 13.9. The quantitative estimate of drug-likeness (QED) is 0.218. The van der Waals surface area contributed by atoms with E-state index in [9.17, 15) is 11.0 Å². The lowest BCUT2D eigenvalue weighted by atomic mass is 9.95. The molecule has 0 spiro atoms. The molecule has 2 aromatic carbocycles. The first-order valence-electron chi connectivity index (χ1n) is 14.1. The fourth-order valence-electron chi connectivity index (χ4n) is 4.70. The van der Waals surface area contributed by atoms with Crippen molar-refractivity contribution in [1.82, 2.24) is 25.0 Å². The fourth-order valence-corrected chi connectivity index (χ4v) is 4.70. The largest absolute Gasteiger partial charge is 0.383 e. The highest BCUT2D eigenvalue weighted by Crippen LogP contribution is 2.39. The highest BCUT2D eigenvalue weighted by atomic mass is 19.1. The van der Waals surface area contributed by atoms with E-state index < -0.39 is 11.8 Å². The van der Waals surface area contributed by atoms with Crippen molar-refractivity contribution < 1.29 is 5.76 Å². The molecule has 0 saturated heterocycles. The van der Waals surface area contributed by atoms with Gasteiger partial charge in [0.1, 0.15) is 17.6 Å². The molecule has 6 rings (SSSR count). The number of aromatic nitrogens is 5. The molecule has 0 radical (unpaired) electrons. The molecule has 1 saturated carbocycles. The van der Waals surface area contributed by atoms with Gasteiger partial charge in [-0.05, 0) is 54.2 Å². The second-order valence-electron chi connectivity index (χ2n) is 11.6. The lowest BCUT2D eigenvalue weighted by Gasteiger charge is -2.23. The number of benzene rings is 2. The second kappa shape index (κ2) is 10.6. The number of fused-ring (bicyclic) bond motifs is 1. The highest BCUT2D eigenvalue weighted by Gasteiger charge is 2.27. The van der Waals surface area contributed by atoms with Gasteiger partial charge in [0.05, 0.1) is 36.4 Å². The van der Waals surface area contributed by atoms with Crippen molar-refractivity contribution >= 4 is 22.3 Å². The van der Waals surface area contributed by atoms with Gasteiger partial charge in [-0.15, -0.1) is 5.10 Å². The van der Waals surface area contributed by atoms with Crippen LogP contribution in [-0.2, 0) is 0 Å². The first kappa shape index (κ1) is 25.1. The van der Waals surface area contributed by atoms with Crippen LogP contribution in [0.25, 0.3) is 22.0 Å². The van der Waals surface area contributed by atoms with E-state index in [-0.39, 0.29) is 11.5 Å². The Bertz CT molecular complexity index is 1790. The summed E-state index contributed by atoms with van der Waals surface area (Å²) < 4.78 is 25.5. The van der Waals surface area contributed by atoms with E-state index in [1.165, 1.54) is 12.1 Å². The van der Waals surface area contributed by atoms with Crippen LogP contribution in [0.3, 0.4) is 0 Å². The third kappa shape index (κ3) is 5.73. The molecule has 41 heavy (non-hydrogen) atoms. The summed E-state index contributed by atoms with van der Waals surface area (Å²) in [5.74, 6) is -0.392. The Labute approximate surface area is 239 Å². The Morgan fingerprint density at radius 2 is 1.98 bits per heavy atom. The van der Waals surface area contributed by atoms with E-state index in [2.05, 4.69) is 52.8 Å². The van der Waals surface area contributed by atoms with Gasteiger partial charge in [0, 0.05) is 47.3 Å². The summed E-state index contributed by atoms with van der Waals surface area (Å²) in [6, 6.07) is 14.4. The third-order valence-corrected chi connectivity index (χ3v) is 6.95. The zero-order valence-electron chi connectivity index (χ0n) is 24.2. The number of nitriles is 1. The fraction of sp³-hybridized carbons (Fsp3) is 0.281. The number of hydrogen-bond donors (Lipinski definition) is 2. The molecule has 0 amide bonds. The van der Waals surface area contributed by atoms with Crippen LogP contribution in [0.5, 0.6) is 0 Å². The zero-order valence-corrected chi connectivity index (χ0v) is 23.2. The standard InChI is InChI=1S/C32H31FN8/c1-32(2,3)19-37-29-22(15-34)17-36-31-26(21-5-4-12-35-16-21)13-24(14-27(29)31)38-30(20-6-8-23(33)9-7-20)28-18-41(40-39-28)25-10-11-25/h4-9,12-14,16-18,25,30,38H,10-11,19H2,1-3H3,(H,36,37)/t30-/m0/s1/i30D. The topological polar surface area (TPSA) is 104 Å². The number of rotatable bonds is 8. The first-order valence-corrected chi connectivity index (χ1v) is 13.6. The van der Waals surface area contributed by atoms with Crippen LogP contribution in [0.1, 0.15) is 63.9 Å². The van der Waals surface area contributed by atoms with Crippen LogP contribution in [-0.4, -0.2) is 31.5 Å². The number of nitrogens with zero attached hydrogens (tertiary/aromatic N) is 6. The van der Waals surface area contributed by atoms with Gasteiger partial charge in [-0.2, -0.15) is 5.26 Å². The SMILES string of the molecule is [2H][C@](Nc1cc(-c2cccnc2)c2ncc(C#N)c(NCC(C)(C)C)c2c1)(c1ccc(F)cc1)c1cn(C2CC2)nn1. The van der Waals surface area contributed by atoms with Crippen LogP contribution in [0.4, 0.5) is 15.8 Å². The van der Waals surface area contributed by atoms with Crippen molar-refractivity contribution in [1.29, 1.82) is 5.26 Å². The Morgan fingerprint density at radius 1 is 1.17 bits per heavy atom. The van der Waals surface area contributed by atoms with E-state index in [1.54, 1.807) is 41.6 Å². The molecule has 5 aromatic rings. The average molecular weight is 548 g/mol. The molecule has 0 bridgehead atoms. The van der Waals surface area contributed by atoms with Crippen LogP contribution in [0, 0.1) is 22.6 Å². The molecule has 3 heterocycles. The molecule has 1 fully saturated rings. The van der Waals surface area contributed by atoms with Crippen LogP contribution in [0.15, 0.2) is 73.3 Å². The lowest BCUT2D eigenvalue weighted by molar-refractivity contribution is 0.443. The van der Waals surface area contributed by atoms with Gasteiger partial charge in [-0.25, -0.2) is 9.07 Å². The molecule has 8 nitrogen and oxygen atoms in total. The van der Waals surface area contributed by atoms with Gasteiger partial charge in [0.15, 0.2) is 0 Å². The van der Waals surface area contributed by atoms with Gasteiger partial charge in [-0.1, -0.05) is 44.2 Å². The van der Waals surface area contributed by atoms with Gasteiger partial charge < -0.3 is 10.6 Å². The number of halogens is 1. The average Bonchev–Trinajstić information content (AvgIpc) is 3.71. The molecule has 1 aliphatic carbocycles. The van der Waals surface area contributed by atoms with Crippen molar-refractivity contribution in [2.45, 2.75) is 45.7 Å². The predicted molar refractivity (Wildman–Crippen MR) is 158 cm³/mol. The number of nitrogens with one attached hydrogen (secondary N) is 2. The van der Waals surface area contributed by atoms with E-state index >= 15 is 0 Å². The molecular formula is C32H31FN8. The zero-order chi connectivity index (χ0) is 29.5. The molecule has 1 aliphatic rings. The minimum Gasteiger partial charge on any atom is -0.383 e. The number of hydrogen-bond acceptors (Lipinski definition) is 7. The van der Waals surface area contributed by atoms with E-state index in [0.29, 0.717) is 40.3 Å². The van der Waals surface area contributed by atoms with E-state index in [1.807, 2.05) is 24.3 Å². The van der Waals surface area contributed by atoms with Gasteiger partial charge >= 0.3 is 0 Å². The van der Waals surface area contributed by atoms with Crippen molar-refractivity contribution in [2.24, 2.45) is 5.41 Å². The minimum absolute atomic E-state index is 0.0450. The Balaban J connectivity index is 1.55. The molecule has 0 unspecified atom stereocenters. The van der Waals surface area contributed by atoms with Crippen molar-refractivity contribution in [3.63, 3.8) is 0 Å². The Morgan fingerprint density at radius 3 is 2.66 bits per heavy atom. The normalized spacial score (nSPS) is 15.1.